The Kier molecular flexibility index (Phi) is 4.32. The molecule has 2 heterocycles. The van der Waals surface area contributed by atoms with E-state index in [-0.39, 0.29) is 22.7 Å². The smallest absolute Gasteiger partial charge is 0.332 e. The Balaban J connectivity index is 2.09. The Labute approximate surface area is 163 Å². The van der Waals surface area contributed by atoms with Crippen molar-refractivity contribution >= 4 is 28.7 Å². The van der Waals surface area contributed by atoms with Crippen molar-refractivity contribution in [3.8, 4) is 22.8 Å². The van der Waals surface area contributed by atoms with Gasteiger partial charge in [0.1, 0.15) is 11.3 Å². The molecule has 1 amide bonds. The number of carbonyl (C=O) groups excluding carboxylic acids is 1. The molecule has 0 spiro atoms. The van der Waals surface area contributed by atoms with E-state index >= 15 is 0 Å². The SMILES string of the molecule is COc1ccccc1-n1c(=O)[nH]c2c(C(N)=O)nc(-c3cccc(Cl)c3)nc21. The van der Waals surface area contributed by atoms with Crippen LogP contribution in [0.4, 0.5) is 0 Å². The Hall–Kier alpha value is -3.65. The number of methoxy groups -OCH3 is 1. The third-order valence-corrected chi connectivity index (χ3v) is 4.41. The lowest BCUT2D eigenvalue weighted by molar-refractivity contribution is 0.0997. The van der Waals surface area contributed by atoms with Crippen LogP contribution in [-0.4, -0.2) is 32.5 Å². The van der Waals surface area contributed by atoms with Crippen LogP contribution in [0.2, 0.25) is 5.02 Å². The molecule has 4 rings (SSSR count). The van der Waals surface area contributed by atoms with E-state index in [1.54, 1.807) is 48.5 Å². The van der Waals surface area contributed by atoms with Gasteiger partial charge in [-0.05, 0) is 24.3 Å². The Morgan fingerprint density at radius 1 is 1.18 bits per heavy atom. The van der Waals surface area contributed by atoms with Crippen LogP contribution in [-0.2, 0) is 0 Å². The number of ether oxygens (including phenoxy) is 1. The molecule has 0 aliphatic carbocycles. The van der Waals surface area contributed by atoms with Crippen LogP contribution in [0.1, 0.15) is 10.5 Å². The van der Waals surface area contributed by atoms with Crippen molar-refractivity contribution in [2.75, 3.05) is 7.11 Å². The minimum atomic E-state index is -0.788. The van der Waals surface area contributed by atoms with E-state index in [0.29, 0.717) is 22.0 Å². The number of para-hydroxylation sites is 2. The number of fused-ring (bicyclic) bond motifs is 1. The third-order valence-electron chi connectivity index (χ3n) is 4.18. The van der Waals surface area contributed by atoms with Crippen LogP contribution in [0.3, 0.4) is 0 Å². The highest BCUT2D eigenvalue weighted by atomic mass is 35.5. The van der Waals surface area contributed by atoms with Crippen molar-refractivity contribution < 1.29 is 9.53 Å². The molecule has 0 saturated heterocycles. The van der Waals surface area contributed by atoms with Gasteiger partial charge in [-0.2, -0.15) is 0 Å². The van der Waals surface area contributed by atoms with Crippen LogP contribution in [0, 0.1) is 0 Å². The van der Waals surface area contributed by atoms with Crippen LogP contribution < -0.4 is 16.2 Å². The average Bonchev–Trinajstić information content (AvgIpc) is 3.02. The minimum absolute atomic E-state index is 0.0919. The van der Waals surface area contributed by atoms with Gasteiger partial charge in [0.25, 0.3) is 5.91 Å². The predicted molar refractivity (Wildman–Crippen MR) is 105 cm³/mol. The number of halogens is 1. The molecule has 28 heavy (non-hydrogen) atoms. The number of hydrogen-bond acceptors (Lipinski definition) is 5. The number of primary amides is 1. The highest BCUT2D eigenvalue weighted by Crippen LogP contribution is 2.27. The number of carbonyl (C=O) groups is 1. The van der Waals surface area contributed by atoms with E-state index in [1.165, 1.54) is 11.7 Å². The molecule has 9 heteroatoms. The summed E-state index contributed by atoms with van der Waals surface area (Å²) >= 11 is 6.06. The van der Waals surface area contributed by atoms with Crippen molar-refractivity contribution in [3.63, 3.8) is 0 Å². The fourth-order valence-corrected chi connectivity index (χ4v) is 3.15. The van der Waals surface area contributed by atoms with Gasteiger partial charge in [-0.25, -0.2) is 19.3 Å². The number of nitrogens with two attached hydrogens (primary N) is 1. The van der Waals surface area contributed by atoms with E-state index < -0.39 is 11.6 Å². The summed E-state index contributed by atoms with van der Waals surface area (Å²) in [6.07, 6.45) is 0. The molecule has 0 bridgehead atoms. The molecule has 140 valence electrons. The lowest BCUT2D eigenvalue weighted by Gasteiger charge is -2.10. The van der Waals surface area contributed by atoms with Gasteiger partial charge in [-0.1, -0.05) is 35.9 Å². The van der Waals surface area contributed by atoms with Crippen LogP contribution in [0.15, 0.2) is 53.3 Å². The van der Waals surface area contributed by atoms with Crippen molar-refractivity contribution in [1.82, 2.24) is 19.5 Å². The Morgan fingerprint density at radius 3 is 2.68 bits per heavy atom. The van der Waals surface area contributed by atoms with Crippen LogP contribution in [0.25, 0.3) is 28.2 Å². The standard InChI is InChI=1S/C19H14ClN5O3/c1-28-13-8-3-2-7-12(13)25-18-15(23-19(25)27)14(16(21)26)22-17(24-18)10-5-4-6-11(20)9-10/h2-9H,1H3,(H2,21,26)(H,23,27). The molecule has 0 unspecified atom stereocenters. The van der Waals surface area contributed by atoms with E-state index in [4.69, 9.17) is 22.1 Å². The number of imidazole rings is 1. The lowest BCUT2D eigenvalue weighted by atomic mass is 10.2. The number of benzene rings is 2. The molecule has 8 nitrogen and oxygen atoms in total. The Bertz CT molecular complexity index is 1280. The van der Waals surface area contributed by atoms with E-state index in [2.05, 4.69) is 15.0 Å². The maximum atomic E-state index is 12.7. The summed E-state index contributed by atoms with van der Waals surface area (Å²) in [6.45, 7) is 0. The summed E-state index contributed by atoms with van der Waals surface area (Å²) in [5.41, 5.74) is 6.30. The lowest BCUT2D eigenvalue weighted by Crippen LogP contribution is -2.16. The molecule has 0 radical (unpaired) electrons. The molecular weight excluding hydrogens is 382 g/mol. The van der Waals surface area contributed by atoms with Gasteiger partial charge >= 0.3 is 5.69 Å². The number of aromatic nitrogens is 4. The van der Waals surface area contributed by atoms with E-state index in [9.17, 15) is 9.59 Å². The largest absolute Gasteiger partial charge is 0.495 e. The molecule has 3 N–H and O–H groups in total. The molecule has 2 aromatic carbocycles. The van der Waals surface area contributed by atoms with Gasteiger partial charge in [-0.15, -0.1) is 0 Å². The number of rotatable bonds is 4. The van der Waals surface area contributed by atoms with Gasteiger partial charge in [0, 0.05) is 10.6 Å². The first-order valence-corrected chi connectivity index (χ1v) is 8.59. The second-order valence-corrected chi connectivity index (χ2v) is 6.34. The van der Waals surface area contributed by atoms with Crippen molar-refractivity contribution in [3.05, 3.63) is 69.7 Å². The van der Waals surface area contributed by atoms with Gasteiger partial charge in [0.05, 0.1) is 12.8 Å². The maximum Gasteiger partial charge on any atom is 0.332 e. The second-order valence-electron chi connectivity index (χ2n) is 5.91. The number of hydrogen-bond donors (Lipinski definition) is 2. The van der Waals surface area contributed by atoms with Gasteiger partial charge in [-0.3, -0.25) is 4.79 Å². The number of nitrogens with one attached hydrogen (secondary N) is 1. The fourth-order valence-electron chi connectivity index (χ4n) is 2.96. The van der Waals surface area contributed by atoms with Crippen molar-refractivity contribution in [1.29, 1.82) is 0 Å². The topological polar surface area (TPSA) is 116 Å². The fraction of sp³-hybridized carbons (Fsp3) is 0.0526. The maximum absolute atomic E-state index is 12.7. The number of H-pyrrole nitrogens is 1. The first-order chi connectivity index (χ1) is 13.5. The highest BCUT2D eigenvalue weighted by molar-refractivity contribution is 6.30. The first-order valence-electron chi connectivity index (χ1n) is 8.21. The van der Waals surface area contributed by atoms with Gasteiger partial charge in [0.15, 0.2) is 17.2 Å². The average molecular weight is 396 g/mol. The van der Waals surface area contributed by atoms with Crippen LogP contribution >= 0.6 is 11.6 Å². The summed E-state index contributed by atoms with van der Waals surface area (Å²) in [7, 11) is 1.50. The van der Waals surface area contributed by atoms with Crippen LogP contribution in [0.5, 0.6) is 5.75 Å². The summed E-state index contributed by atoms with van der Waals surface area (Å²) in [4.78, 5) is 36.1. The number of nitrogens with zero attached hydrogens (tertiary/aromatic N) is 3. The quantitative estimate of drug-likeness (QED) is 0.550. The summed E-state index contributed by atoms with van der Waals surface area (Å²) in [5.74, 6) is -0.107. The summed E-state index contributed by atoms with van der Waals surface area (Å²) < 4.78 is 6.67. The highest BCUT2D eigenvalue weighted by Gasteiger charge is 2.21. The normalized spacial score (nSPS) is 10.9. The zero-order chi connectivity index (χ0) is 19.8. The first kappa shape index (κ1) is 17.7. The second kappa shape index (κ2) is 6.82. The molecule has 2 aromatic heterocycles. The zero-order valence-electron chi connectivity index (χ0n) is 14.6. The van der Waals surface area contributed by atoms with Gasteiger partial charge in [0.2, 0.25) is 0 Å². The van der Waals surface area contributed by atoms with Gasteiger partial charge < -0.3 is 15.5 Å². The minimum Gasteiger partial charge on any atom is -0.495 e. The molecule has 0 fully saturated rings. The molecule has 0 aliphatic heterocycles. The number of amides is 1. The summed E-state index contributed by atoms with van der Waals surface area (Å²) in [6, 6.07) is 13.8. The molecular formula is C19H14ClN5O3. The summed E-state index contributed by atoms with van der Waals surface area (Å²) in [5, 5.41) is 0.484. The Morgan fingerprint density at radius 2 is 1.96 bits per heavy atom. The number of aromatic amines is 1. The van der Waals surface area contributed by atoms with Crippen molar-refractivity contribution in [2.24, 2.45) is 5.73 Å². The molecule has 0 aliphatic rings. The van der Waals surface area contributed by atoms with E-state index in [0.717, 1.165) is 0 Å². The van der Waals surface area contributed by atoms with Crippen molar-refractivity contribution in [2.45, 2.75) is 0 Å². The third kappa shape index (κ3) is 2.89. The van der Waals surface area contributed by atoms with E-state index in [1.807, 2.05) is 0 Å². The predicted octanol–water partition coefficient (Wildman–Crippen LogP) is 2.54. The molecule has 4 aromatic rings. The zero-order valence-corrected chi connectivity index (χ0v) is 15.4. The molecule has 0 saturated carbocycles. The monoisotopic (exact) mass is 395 g/mol. The molecule has 0 atom stereocenters.